The normalized spacial score (nSPS) is 13.0. The average molecular weight is 310 g/mol. The van der Waals surface area contributed by atoms with E-state index in [1.54, 1.807) is 30.3 Å². The highest BCUT2D eigenvalue weighted by Crippen LogP contribution is 2.27. The molecule has 2 aromatic rings. The number of fused-ring (bicyclic) bond motifs is 2. The lowest BCUT2D eigenvalue weighted by Gasteiger charge is -2.17. The Bertz CT molecular complexity index is 814. The zero-order chi connectivity index (χ0) is 16.4. The first kappa shape index (κ1) is 14.8. The van der Waals surface area contributed by atoms with Crippen LogP contribution in [0.5, 0.6) is 5.75 Å². The van der Waals surface area contributed by atoms with E-state index >= 15 is 0 Å². The van der Waals surface area contributed by atoms with Gasteiger partial charge in [-0.15, -0.1) is 0 Å². The molecule has 3 N–H and O–H groups in total. The number of aryl methyl sites for hydroxylation is 2. The van der Waals surface area contributed by atoms with Crippen molar-refractivity contribution in [3.8, 4) is 5.75 Å². The van der Waals surface area contributed by atoms with Gasteiger partial charge >= 0.3 is 12.1 Å². The number of rotatable bonds is 1. The van der Waals surface area contributed by atoms with Crippen LogP contribution >= 0.6 is 0 Å². The molecule has 1 heterocycles. The third-order valence-corrected chi connectivity index (χ3v) is 3.68. The second-order valence-electron chi connectivity index (χ2n) is 5.17. The van der Waals surface area contributed by atoms with E-state index in [9.17, 15) is 9.59 Å². The zero-order valence-corrected chi connectivity index (χ0v) is 12.1. The Morgan fingerprint density at radius 2 is 1.87 bits per heavy atom. The van der Waals surface area contributed by atoms with E-state index in [1.165, 1.54) is 0 Å². The molecule has 0 aliphatic carbocycles. The van der Waals surface area contributed by atoms with E-state index in [0.717, 1.165) is 11.1 Å². The lowest BCUT2D eigenvalue weighted by atomic mass is 9.96. The summed E-state index contributed by atoms with van der Waals surface area (Å²) in [6.07, 6.45) is 0.0111. The third kappa shape index (κ3) is 3.06. The van der Waals surface area contributed by atoms with Crippen LogP contribution in [-0.4, -0.2) is 23.0 Å². The maximum Gasteiger partial charge on any atom is 0.410 e. The number of amidine groups is 1. The van der Waals surface area contributed by atoms with E-state index in [2.05, 4.69) is 0 Å². The summed E-state index contributed by atoms with van der Waals surface area (Å²) in [4.78, 5) is 22.9. The van der Waals surface area contributed by atoms with Crippen LogP contribution in [0, 0.1) is 5.41 Å². The van der Waals surface area contributed by atoms with E-state index in [1.807, 2.05) is 17.4 Å². The fourth-order valence-corrected chi connectivity index (χ4v) is 2.57. The second kappa shape index (κ2) is 5.92. The van der Waals surface area contributed by atoms with Crippen molar-refractivity contribution in [2.45, 2.75) is 12.8 Å². The van der Waals surface area contributed by atoms with Gasteiger partial charge in [-0.1, -0.05) is 18.2 Å². The summed E-state index contributed by atoms with van der Waals surface area (Å²) in [6.45, 7) is 0. The number of hydrogen-bond donors (Lipinski definition) is 3. The van der Waals surface area contributed by atoms with Crippen LogP contribution in [0.2, 0.25) is 0 Å². The molecule has 1 amide bonds. The number of carboxylic acid groups (broad SMARTS) is 1. The lowest BCUT2D eigenvalue weighted by Crippen LogP contribution is -2.28. The van der Waals surface area contributed by atoms with Gasteiger partial charge in [0.1, 0.15) is 11.6 Å². The van der Waals surface area contributed by atoms with Crippen molar-refractivity contribution in [2.24, 2.45) is 0 Å². The van der Waals surface area contributed by atoms with Gasteiger partial charge in [0.05, 0.1) is 5.56 Å². The highest BCUT2D eigenvalue weighted by Gasteiger charge is 2.19. The summed E-state index contributed by atoms with van der Waals surface area (Å²) in [7, 11) is 0. The molecule has 3 rings (SSSR count). The predicted octanol–water partition coefficient (Wildman–Crippen LogP) is 2.60. The molecule has 0 radical (unpaired) electrons. The molecule has 23 heavy (non-hydrogen) atoms. The standard InChI is InChI=1S/C17H14N2O4/c18-15(19-17(21)22)12-7-8-14-11(9-12)6-5-10-3-1-2-4-13(10)16(20)23-14/h1-4,7-9H,5-6H2,(H2,18,19)(H,21,22). The fourth-order valence-electron chi connectivity index (χ4n) is 2.57. The Kier molecular flexibility index (Phi) is 3.80. The number of amides is 1. The van der Waals surface area contributed by atoms with E-state index in [0.29, 0.717) is 29.7 Å². The van der Waals surface area contributed by atoms with Crippen molar-refractivity contribution in [1.82, 2.24) is 5.32 Å². The van der Waals surface area contributed by atoms with Crippen LogP contribution in [0.1, 0.15) is 27.0 Å². The molecule has 0 aromatic heterocycles. The Balaban J connectivity index is 1.93. The van der Waals surface area contributed by atoms with Crippen molar-refractivity contribution < 1.29 is 19.4 Å². The van der Waals surface area contributed by atoms with Gasteiger partial charge in [0.15, 0.2) is 0 Å². The number of ether oxygens (including phenoxy) is 1. The van der Waals surface area contributed by atoms with Crippen LogP contribution < -0.4 is 10.1 Å². The minimum atomic E-state index is -1.29. The first-order valence-corrected chi connectivity index (χ1v) is 7.06. The summed E-state index contributed by atoms with van der Waals surface area (Å²) >= 11 is 0. The van der Waals surface area contributed by atoms with Gasteiger partial charge in [-0.25, -0.2) is 9.59 Å². The largest absolute Gasteiger partial charge is 0.465 e. The minimum absolute atomic E-state index is 0.214. The van der Waals surface area contributed by atoms with Gasteiger partial charge in [-0.2, -0.15) is 0 Å². The van der Waals surface area contributed by atoms with Crippen LogP contribution in [0.15, 0.2) is 42.5 Å². The monoisotopic (exact) mass is 310 g/mol. The maximum absolute atomic E-state index is 12.2. The SMILES string of the molecule is N=C(NC(=O)O)c1ccc2c(c1)CCc1ccccc1C(=O)O2. The molecule has 2 aromatic carbocycles. The first-order valence-electron chi connectivity index (χ1n) is 7.06. The predicted molar refractivity (Wildman–Crippen MR) is 83.2 cm³/mol. The molecule has 0 saturated heterocycles. The van der Waals surface area contributed by atoms with Gasteiger partial charge in [0.25, 0.3) is 0 Å². The molecule has 0 atom stereocenters. The Labute approximate surface area is 132 Å². The Morgan fingerprint density at radius 1 is 1.13 bits per heavy atom. The maximum atomic E-state index is 12.2. The molecule has 6 nitrogen and oxygen atoms in total. The van der Waals surface area contributed by atoms with Gasteiger partial charge < -0.3 is 9.84 Å². The van der Waals surface area contributed by atoms with Crippen molar-refractivity contribution in [1.29, 1.82) is 5.41 Å². The van der Waals surface area contributed by atoms with Crippen molar-refractivity contribution in [3.05, 3.63) is 64.7 Å². The molecule has 0 saturated carbocycles. The highest BCUT2D eigenvalue weighted by atomic mass is 16.5. The van der Waals surface area contributed by atoms with E-state index in [-0.39, 0.29) is 5.84 Å². The molecule has 1 aliphatic rings. The van der Waals surface area contributed by atoms with Crippen molar-refractivity contribution in [3.63, 3.8) is 0 Å². The molecule has 6 heteroatoms. The van der Waals surface area contributed by atoms with E-state index in [4.69, 9.17) is 15.3 Å². The van der Waals surface area contributed by atoms with Crippen LogP contribution in [-0.2, 0) is 12.8 Å². The topological polar surface area (TPSA) is 99.5 Å². The van der Waals surface area contributed by atoms with Gasteiger partial charge in [-0.05, 0) is 48.2 Å². The number of hydrogen-bond acceptors (Lipinski definition) is 4. The van der Waals surface area contributed by atoms with Crippen molar-refractivity contribution >= 4 is 17.9 Å². The number of benzene rings is 2. The summed E-state index contributed by atoms with van der Waals surface area (Å²) in [5, 5.41) is 18.4. The number of esters is 1. The molecular formula is C17H14N2O4. The van der Waals surface area contributed by atoms with Gasteiger partial charge in [-0.3, -0.25) is 10.7 Å². The Morgan fingerprint density at radius 3 is 2.65 bits per heavy atom. The average Bonchev–Trinajstić information content (AvgIpc) is 2.51. The summed E-state index contributed by atoms with van der Waals surface area (Å²) in [5.74, 6) is -0.182. The smallest absolute Gasteiger partial charge is 0.410 e. The van der Waals surface area contributed by atoms with Crippen LogP contribution in [0.25, 0.3) is 0 Å². The zero-order valence-electron chi connectivity index (χ0n) is 12.1. The van der Waals surface area contributed by atoms with E-state index < -0.39 is 12.1 Å². The summed E-state index contributed by atoms with van der Waals surface area (Å²) < 4.78 is 5.43. The third-order valence-electron chi connectivity index (χ3n) is 3.68. The Hall–Kier alpha value is -3.15. The number of carbonyl (C=O) groups is 2. The van der Waals surface area contributed by atoms with Gasteiger partial charge in [0.2, 0.25) is 0 Å². The van der Waals surface area contributed by atoms with Gasteiger partial charge in [0, 0.05) is 5.56 Å². The number of carbonyl (C=O) groups excluding carboxylic acids is 1. The molecule has 0 spiro atoms. The number of nitrogens with one attached hydrogen (secondary N) is 2. The highest BCUT2D eigenvalue weighted by molar-refractivity contribution is 6.04. The fraction of sp³-hybridized carbons (Fsp3) is 0.118. The quantitative estimate of drug-likeness (QED) is 0.326. The van der Waals surface area contributed by atoms with Crippen molar-refractivity contribution in [2.75, 3.05) is 0 Å². The molecule has 0 unspecified atom stereocenters. The summed E-state index contributed by atoms with van der Waals surface area (Å²) in [5.41, 5.74) is 2.66. The molecule has 116 valence electrons. The minimum Gasteiger partial charge on any atom is -0.465 e. The molecule has 0 bridgehead atoms. The van der Waals surface area contributed by atoms with Crippen LogP contribution in [0.3, 0.4) is 0 Å². The lowest BCUT2D eigenvalue weighted by molar-refractivity contribution is 0.0730. The summed E-state index contributed by atoms with van der Waals surface area (Å²) in [6, 6.07) is 12.1. The molecular weight excluding hydrogens is 296 g/mol. The first-order chi connectivity index (χ1) is 11.0. The van der Waals surface area contributed by atoms with Crippen LogP contribution in [0.4, 0.5) is 4.79 Å². The second-order valence-corrected chi connectivity index (χ2v) is 5.17. The molecule has 0 fully saturated rings. The molecule has 1 aliphatic heterocycles.